The van der Waals surface area contributed by atoms with Gasteiger partial charge in [0.2, 0.25) is 5.91 Å². The maximum Gasteiger partial charge on any atom is 0.416 e. The smallest absolute Gasteiger partial charge is 0.416 e. The molecule has 1 aromatic carbocycles. The highest BCUT2D eigenvalue weighted by atomic mass is 16.7. The molecule has 0 bridgehead atoms. The molecule has 0 N–H and O–H groups in total. The summed E-state index contributed by atoms with van der Waals surface area (Å²) < 4.78 is 16.4. The fraction of sp³-hybridized carbons (Fsp3) is 0.545. The van der Waals surface area contributed by atoms with Gasteiger partial charge in [0.05, 0.1) is 12.6 Å². The maximum absolute atomic E-state index is 12.6. The van der Waals surface area contributed by atoms with Crippen LogP contribution in [0.2, 0.25) is 0 Å². The van der Waals surface area contributed by atoms with Gasteiger partial charge in [-0.05, 0) is 44.6 Å². The molecule has 28 heavy (non-hydrogen) atoms. The van der Waals surface area contributed by atoms with Gasteiger partial charge < -0.3 is 14.2 Å². The van der Waals surface area contributed by atoms with Crippen molar-refractivity contribution < 1.29 is 23.8 Å². The first-order valence-corrected chi connectivity index (χ1v) is 10.0. The first-order chi connectivity index (χ1) is 13.6. The predicted octanol–water partition coefficient (Wildman–Crippen LogP) is 3.85. The highest BCUT2D eigenvalue weighted by Gasteiger charge is 2.37. The van der Waals surface area contributed by atoms with Gasteiger partial charge in [0.15, 0.2) is 6.29 Å². The molecule has 1 unspecified atom stereocenters. The van der Waals surface area contributed by atoms with Crippen LogP contribution >= 0.6 is 0 Å². The minimum absolute atomic E-state index is 0.114. The molecule has 152 valence electrons. The molecule has 0 aliphatic carbocycles. The third kappa shape index (κ3) is 5.91. The zero-order chi connectivity index (χ0) is 19.8. The maximum atomic E-state index is 12.6. The first kappa shape index (κ1) is 20.6. The monoisotopic (exact) mass is 387 g/mol. The van der Waals surface area contributed by atoms with E-state index in [-0.39, 0.29) is 31.3 Å². The van der Waals surface area contributed by atoms with Crippen LogP contribution in [0.5, 0.6) is 0 Å². The molecule has 6 heteroatoms. The number of hydrogen-bond donors (Lipinski definition) is 0. The number of ether oxygens (including phenoxy) is 3. The van der Waals surface area contributed by atoms with Gasteiger partial charge in [-0.2, -0.15) is 0 Å². The lowest BCUT2D eigenvalue weighted by molar-refractivity contribution is -0.156. The minimum Gasteiger partial charge on any atom is -0.447 e. The van der Waals surface area contributed by atoms with Gasteiger partial charge in [-0.25, -0.2) is 9.69 Å². The van der Waals surface area contributed by atoms with Crippen LogP contribution in [0.25, 0.3) is 0 Å². The Labute approximate surface area is 166 Å². The number of hydrogen-bond acceptors (Lipinski definition) is 5. The van der Waals surface area contributed by atoms with Crippen LogP contribution in [0.3, 0.4) is 0 Å². The van der Waals surface area contributed by atoms with Crippen molar-refractivity contribution in [1.82, 2.24) is 4.90 Å². The van der Waals surface area contributed by atoms with E-state index < -0.39 is 6.09 Å². The fourth-order valence-corrected chi connectivity index (χ4v) is 3.49. The third-order valence-electron chi connectivity index (χ3n) is 5.03. The molecular formula is C22H29NO5. The normalized spacial score (nSPS) is 23.0. The quantitative estimate of drug-likeness (QED) is 0.634. The van der Waals surface area contributed by atoms with Crippen molar-refractivity contribution in [2.45, 2.75) is 57.8 Å². The van der Waals surface area contributed by atoms with E-state index in [9.17, 15) is 9.59 Å². The molecule has 2 atom stereocenters. The number of amides is 2. The summed E-state index contributed by atoms with van der Waals surface area (Å²) in [5.41, 5.74) is 2.15. The standard InChI is InChI=1S/C22H29NO5/c1-17(15-27-21-12-5-6-13-26-21)8-7-11-20(24)23-19(16-28-22(23)25)14-18-9-3-2-4-10-18/h2-4,8-10,19,21H,5-7,11-16H2,1H3/t19-,21?/m0/s1. The Morgan fingerprint density at radius 2 is 2.11 bits per heavy atom. The molecule has 1 aromatic rings. The van der Waals surface area contributed by atoms with Crippen molar-refractivity contribution in [3.63, 3.8) is 0 Å². The Bertz CT molecular complexity index is 681. The van der Waals surface area contributed by atoms with Crippen molar-refractivity contribution in [3.05, 3.63) is 47.5 Å². The number of allylic oxidation sites excluding steroid dienone is 1. The molecule has 3 rings (SSSR count). The Balaban J connectivity index is 1.45. The second-order valence-corrected chi connectivity index (χ2v) is 7.38. The molecular weight excluding hydrogens is 358 g/mol. The summed E-state index contributed by atoms with van der Waals surface area (Å²) in [5.74, 6) is -0.191. The van der Waals surface area contributed by atoms with Gasteiger partial charge in [0.25, 0.3) is 0 Å². The first-order valence-electron chi connectivity index (χ1n) is 10.0. The van der Waals surface area contributed by atoms with Gasteiger partial charge in [-0.3, -0.25) is 4.79 Å². The third-order valence-corrected chi connectivity index (χ3v) is 5.03. The Kier molecular flexibility index (Phi) is 7.62. The summed E-state index contributed by atoms with van der Waals surface area (Å²) >= 11 is 0. The SMILES string of the molecule is CC(=CCCC(=O)N1C(=O)OC[C@@H]1Cc1ccccc1)COC1CCCCO1. The lowest BCUT2D eigenvalue weighted by atomic mass is 10.1. The topological polar surface area (TPSA) is 65.1 Å². The Hall–Kier alpha value is -2.18. The van der Waals surface area contributed by atoms with Gasteiger partial charge >= 0.3 is 6.09 Å². The van der Waals surface area contributed by atoms with Crippen LogP contribution in [0.15, 0.2) is 42.0 Å². The highest BCUT2D eigenvalue weighted by Crippen LogP contribution is 2.19. The number of carbonyl (C=O) groups is 2. The molecule has 0 saturated carbocycles. The summed E-state index contributed by atoms with van der Waals surface area (Å²) in [4.78, 5) is 25.9. The average molecular weight is 387 g/mol. The van der Waals surface area contributed by atoms with E-state index in [1.807, 2.05) is 43.3 Å². The Morgan fingerprint density at radius 1 is 1.29 bits per heavy atom. The lowest BCUT2D eigenvalue weighted by Crippen LogP contribution is -2.40. The van der Waals surface area contributed by atoms with Gasteiger partial charge in [0, 0.05) is 13.0 Å². The van der Waals surface area contributed by atoms with E-state index in [0.717, 1.165) is 37.0 Å². The molecule has 2 amide bonds. The second kappa shape index (κ2) is 10.4. The van der Waals surface area contributed by atoms with Crippen molar-refractivity contribution >= 4 is 12.0 Å². The number of carbonyl (C=O) groups excluding carboxylic acids is 2. The summed E-state index contributed by atoms with van der Waals surface area (Å²) in [5, 5.41) is 0. The molecule has 0 radical (unpaired) electrons. The van der Waals surface area contributed by atoms with E-state index in [1.54, 1.807) is 0 Å². The molecule has 2 saturated heterocycles. The summed E-state index contributed by atoms with van der Waals surface area (Å²) in [6, 6.07) is 9.60. The van der Waals surface area contributed by atoms with Crippen molar-refractivity contribution in [2.75, 3.05) is 19.8 Å². The summed E-state index contributed by atoms with van der Waals surface area (Å²) in [6.45, 7) is 3.50. The number of benzene rings is 1. The van der Waals surface area contributed by atoms with Crippen LogP contribution < -0.4 is 0 Å². The molecule has 2 aliphatic heterocycles. The zero-order valence-corrected chi connectivity index (χ0v) is 16.5. The van der Waals surface area contributed by atoms with Crippen molar-refractivity contribution in [1.29, 1.82) is 0 Å². The van der Waals surface area contributed by atoms with Crippen LogP contribution in [-0.4, -0.2) is 49.1 Å². The van der Waals surface area contributed by atoms with Crippen LogP contribution in [0.4, 0.5) is 4.79 Å². The highest BCUT2D eigenvalue weighted by molar-refractivity contribution is 5.93. The summed E-state index contributed by atoms with van der Waals surface area (Å²) in [6.07, 6.45) is 5.97. The number of nitrogens with zero attached hydrogens (tertiary/aromatic N) is 1. The predicted molar refractivity (Wildman–Crippen MR) is 105 cm³/mol. The van der Waals surface area contributed by atoms with Gasteiger partial charge in [0.1, 0.15) is 6.61 Å². The van der Waals surface area contributed by atoms with Crippen LogP contribution in [-0.2, 0) is 25.4 Å². The zero-order valence-electron chi connectivity index (χ0n) is 16.5. The molecule has 0 spiro atoms. The number of imide groups is 1. The molecule has 2 aliphatic rings. The van der Waals surface area contributed by atoms with E-state index in [1.165, 1.54) is 4.90 Å². The van der Waals surface area contributed by atoms with E-state index in [0.29, 0.717) is 19.4 Å². The Morgan fingerprint density at radius 3 is 2.86 bits per heavy atom. The van der Waals surface area contributed by atoms with Crippen LogP contribution in [0.1, 0.15) is 44.6 Å². The largest absolute Gasteiger partial charge is 0.447 e. The lowest BCUT2D eigenvalue weighted by Gasteiger charge is -2.22. The van der Waals surface area contributed by atoms with Gasteiger partial charge in [-0.15, -0.1) is 0 Å². The fourth-order valence-electron chi connectivity index (χ4n) is 3.49. The van der Waals surface area contributed by atoms with Crippen molar-refractivity contribution in [2.24, 2.45) is 0 Å². The molecule has 6 nitrogen and oxygen atoms in total. The van der Waals surface area contributed by atoms with E-state index in [2.05, 4.69) is 0 Å². The van der Waals surface area contributed by atoms with E-state index >= 15 is 0 Å². The number of rotatable bonds is 8. The van der Waals surface area contributed by atoms with E-state index in [4.69, 9.17) is 14.2 Å². The summed E-state index contributed by atoms with van der Waals surface area (Å²) in [7, 11) is 0. The molecule has 2 fully saturated rings. The minimum atomic E-state index is -0.538. The van der Waals surface area contributed by atoms with Crippen LogP contribution in [0, 0.1) is 0 Å². The molecule has 2 heterocycles. The second-order valence-electron chi connectivity index (χ2n) is 7.38. The number of cyclic esters (lactones) is 1. The average Bonchev–Trinajstić information content (AvgIpc) is 3.08. The molecule has 0 aromatic heterocycles. The van der Waals surface area contributed by atoms with Crippen molar-refractivity contribution in [3.8, 4) is 0 Å². The van der Waals surface area contributed by atoms with Gasteiger partial charge in [-0.1, -0.05) is 42.0 Å².